The topological polar surface area (TPSA) is 146 Å². The molecular formula is C24H28N6O6. The van der Waals surface area contributed by atoms with Gasteiger partial charge in [-0.15, -0.1) is 10.2 Å². The van der Waals surface area contributed by atoms with Crippen LogP contribution in [0.3, 0.4) is 0 Å². The van der Waals surface area contributed by atoms with Crippen molar-refractivity contribution in [3.8, 4) is 17.3 Å². The molecule has 12 nitrogen and oxygen atoms in total. The number of methoxy groups -OCH3 is 2. The van der Waals surface area contributed by atoms with Crippen molar-refractivity contribution in [3.63, 3.8) is 0 Å². The monoisotopic (exact) mass is 496 g/mol. The van der Waals surface area contributed by atoms with Gasteiger partial charge in [0, 0.05) is 26.8 Å². The predicted octanol–water partition coefficient (Wildman–Crippen LogP) is 2.10. The fraction of sp³-hybridized carbons (Fsp3) is 0.417. The molecule has 3 heterocycles. The molecular weight excluding hydrogens is 468 g/mol. The average Bonchev–Trinajstić information content (AvgIpc) is 3.60. The number of pyridine rings is 1. The van der Waals surface area contributed by atoms with E-state index in [4.69, 9.17) is 13.9 Å². The number of carbonyl (C=O) groups excluding carboxylic acids is 1. The molecule has 0 saturated heterocycles. The number of aromatic hydroxyl groups is 1. The van der Waals surface area contributed by atoms with E-state index < -0.39 is 11.4 Å². The van der Waals surface area contributed by atoms with E-state index in [9.17, 15) is 14.7 Å². The summed E-state index contributed by atoms with van der Waals surface area (Å²) in [5.41, 5.74) is -0.172. The average molecular weight is 497 g/mol. The van der Waals surface area contributed by atoms with Crippen LogP contribution in [0.5, 0.6) is 5.88 Å². The van der Waals surface area contributed by atoms with E-state index in [-0.39, 0.29) is 42.1 Å². The van der Waals surface area contributed by atoms with Crippen LogP contribution in [0.1, 0.15) is 41.5 Å². The van der Waals surface area contributed by atoms with Gasteiger partial charge in [0.25, 0.3) is 17.4 Å². The molecule has 36 heavy (non-hydrogen) atoms. The Kier molecular flexibility index (Phi) is 7.74. The highest BCUT2D eigenvalue weighted by atomic mass is 16.5. The summed E-state index contributed by atoms with van der Waals surface area (Å²) in [7, 11) is 4.53. The van der Waals surface area contributed by atoms with E-state index in [2.05, 4.69) is 20.2 Å². The number of rotatable bonds is 11. The van der Waals surface area contributed by atoms with Gasteiger partial charge in [-0.3, -0.25) is 19.1 Å². The number of aromatic nitrogens is 5. The van der Waals surface area contributed by atoms with Crippen molar-refractivity contribution >= 4 is 11.6 Å². The molecule has 1 amide bonds. The molecule has 4 rings (SSSR count). The highest BCUT2D eigenvalue weighted by Gasteiger charge is 2.27. The molecule has 0 unspecified atom stereocenters. The molecule has 190 valence electrons. The van der Waals surface area contributed by atoms with E-state index >= 15 is 0 Å². The quantitative estimate of drug-likeness (QED) is 0.392. The summed E-state index contributed by atoms with van der Waals surface area (Å²) in [6.07, 6.45) is 6.56. The first-order valence-corrected chi connectivity index (χ1v) is 11.5. The molecule has 0 bridgehead atoms. The summed E-state index contributed by atoms with van der Waals surface area (Å²) in [5.74, 6) is -0.00647. The van der Waals surface area contributed by atoms with Crippen molar-refractivity contribution in [1.29, 1.82) is 0 Å². The zero-order valence-electron chi connectivity index (χ0n) is 20.4. The van der Waals surface area contributed by atoms with E-state index in [1.54, 1.807) is 25.2 Å². The van der Waals surface area contributed by atoms with Crippen molar-refractivity contribution < 1.29 is 23.8 Å². The van der Waals surface area contributed by atoms with Crippen molar-refractivity contribution in [2.45, 2.75) is 32.2 Å². The first-order valence-electron chi connectivity index (χ1n) is 11.5. The number of nitrogens with zero attached hydrogens (tertiary/aromatic N) is 6. The molecule has 0 atom stereocenters. The number of aryl methyl sites for hydroxylation is 1. The molecule has 12 heteroatoms. The molecule has 0 radical (unpaired) electrons. The number of hydrogen-bond acceptors (Lipinski definition) is 10. The van der Waals surface area contributed by atoms with Crippen LogP contribution in [0, 0.1) is 5.92 Å². The third-order valence-electron chi connectivity index (χ3n) is 5.72. The van der Waals surface area contributed by atoms with Gasteiger partial charge < -0.3 is 23.9 Å². The van der Waals surface area contributed by atoms with Gasteiger partial charge in [0.2, 0.25) is 11.8 Å². The minimum absolute atomic E-state index is 0.0250. The van der Waals surface area contributed by atoms with Crippen LogP contribution in [0.25, 0.3) is 17.2 Å². The Morgan fingerprint density at radius 1 is 1.31 bits per heavy atom. The lowest BCUT2D eigenvalue weighted by molar-refractivity contribution is 0.0767. The minimum Gasteiger partial charge on any atom is -0.502 e. The fourth-order valence-corrected chi connectivity index (χ4v) is 3.76. The van der Waals surface area contributed by atoms with Crippen LogP contribution < -0.4 is 5.56 Å². The second kappa shape index (κ2) is 11.1. The first kappa shape index (κ1) is 25.0. The normalized spacial score (nSPS) is 13.6. The van der Waals surface area contributed by atoms with E-state index in [1.807, 2.05) is 0 Å². The van der Waals surface area contributed by atoms with E-state index in [0.717, 1.165) is 19.3 Å². The third kappa shape index (κ3) is 5.60. The summed E-state index contributed by atoms with van der Waals surface area (Å²) >= 11 is 0. The van der Waals surface area contributed by atoms with Crippen LogP contribution >= 0.6 is 0 Å². The van der Waals surface area contributed by atoms with Gasteiger partial charge in [-0.1, -0.05) is 18.9 Å². The summed E-state index contributed by atoms with van der Waals surface area (Å²) in [5, 5.41) is 18.6. The maximum Gasteiger partial charge on any atom is 0.274 e. The van der Waals surface area contributed by atoms with Crippen LogP contribution in [-0.2, 0) is 22.4 Å². The molecule has 3 aromatic rings. The maximum atomic E-state index is 13.6. The van der Waals surface area contributed by atoms with Gasteiger partial charge in [-0.25, -0.2) is 0 Å². The molecule has 0 spiro atoms. The lowest BCUT2D eigenvalue weighted by atomic mass is 10.2. The maximum absolute atomic E-state index is 13.6. The van der Waals surface area contributed by atoms with Gasteiger partial charge in [0.05, 0.1) is 26.0 Å². The van der Waals surface area contributed by atoms with E-state index in [0.29, 0.717) is 23.9 Å². The van der Waals surface area contributed by atoms with Crippen molar-refractivity contribution in [2.24, 2.45) is 5.92 Å². The smallest absolute Gasteiger partial charge is 0.274 e. The van der Waals surface area contributed by atoms with Crippen LogP contribution in [0.15, 0.2) is 39.9 Å². The number of hydrogen-bond donors (Lipinski definition) is 1. The number of ether oxygens (including phenoxy) is 2. The zero-order chi connectivity index (χ0) is 25.7. The van der Waals surface area contributed by atoms with Crippen LogP contribution in [0.4, 0.5) is 0 Å². The van der Waals surface area contributed by atoms with Crippen LogP contribution in [-0.4, -0.2) is 68.5 Å². The molecule has 1 saturated carbocycles. The highest BCUT2D eigenvalue weighted by Crippen LogP contribution is 2.34. The highest BCUT2D eigenvalue weighted by molar-refractivity contribution is 5.91. The molecule has 1 fully saturated rings. The molecule has 0 aliphatic heterocycles. The molecule has 0 aromatic carbocycles. The lowest BCUT2D eigenvalue weighted by Gasteiger charge is -2.16. The Morgan fingerprint density at radius 2 is 2.11 bits per heavy atom. The Morgan fingerprint density at radius 3 is 2.78 bits per heavy atom. The molecule has 3 aromatic heterocycles. The summed E-state index contributed by atoms with van der Waals surface area (Å²) in [6.45, 7) is 0.0499. The molecule has 1 aliphatic rings. The Balaban J connectivity index is 1.66. The Hall–Kier alpha value is -4.06. The minimum atomic E-state index is -0.596. The van der Waals surface area contributed by atoms with Crippen LogP contribution in [0.2, 0.25) is 0 Å². The van der Waals surface area contributed by atoms with E-state index in [1.165, 1.54) is 36.1 Å². The van der Waals surface area contributed by atoms with Crippen molar-refractivity contribution in [3.05, 3.63) is 58.4 Å². The molecule has 1 aliphatic carbocycles. The van der Waals surface area contributed by atoms with Gasteiger partial charge >= 0.3 is 0 Å². The van der Waals surface area contributed by atoms with Crippen molar-refractivity contribution in [1.82, 2.24) is 29.6 Å². The summed E-state index contributed by atoms with van der Waals surface area (Å²) in [6, 6.07) is 5.02. The van der Waals surface area contributed by atoms with Gasteiger partial charge in [-0.2, -0.15) is 4.98 Å². The Bertz CT molecular complexity index is 1300. The molecule has 1 N–H and O–H groups in total. The first-order chi connectivity index (χ1) is 17.4. The Labute approximate surface area is 207 Å². The fourth-order valence-electron chi connectivity index (χ4n) is 3.76. The lowest BCUT2D eigenvalue weighted by Crippen LogP contribution is -2.28. The van der Waals surface area contributed by atoms with Gasteiger partial charge in [-0.05, 0) is 24.5 Å². The SMILES string of the molecule is CO/C=C(/COC)n1c(CCC2CC2)nc(O)c(-c2nnc(CN(C)C(=O)c3ccccn3)o2)c1=O. The third-order valence-corrected chi connectivity index (χ3v) is 5.72. The van der Waals surface area contributed by atoms with Gasteiger partial charge in [0.1, 0.15) is 17.8 Å². The second-order valence-corrected chi connectivity index (χ2v) is 8.50. The second-order valence-electron chi connectivity index (χ2n) is 8.50. The van der Waals surface area contributed by atoms with Crippen molar-refractivity contribution in [2.75, 3.05) is 27.9 Å². The number of amides is 1. The standard InChI is InChI=1S/C24H28N6O6/c1-29(23(32)17-6-4-5-11-25-17)12-19-27-28-22(36-19)20-21(31)26-18(10-9-15-7-8-15)30(24(20)33)16(13-34-2)14-35-3/h4-6,11,13,15,31H,7-10,12,14H2,1-3H3/b16-13-. The predicted molar refractivity (Wildman–Crippen MR) is 128 cm³/mol. The summed E-state index contributed by atoms with van der Waals surface area (Å²) < 4.78 is 17.4. The summed E-state index contributed by atoms with van der Waals surface area (Å²) in [4.78, 5) is 35.9. The largest absolute Gasteiger partial charge is 0.502 e. The number of carbonyl (C=O) groups is 1. The van der Waals surface area contributed by atoms with Gasteiger partial charge in [0.15, 0.2) is 5.56 Å². The zero-order valence-corrected chi connectivity index (χ0v) is 20.4.